The molecule has 0 aliphatic heterocycles. The minimum atomic E-state index is -1.00. The normalized spacial score (nSPS) is 18.9. The summed E-state index contributed by atoms with van der Waals surface area (Å²) in [6, 6.07) is -1.22. The maximum atomic E-state index is 11.6. The van der Waals surface area contributed by atoms with Gasteiger partial charge in [0.15, 0.2) is 0 Å². The summed E-state index contributed by atoms with van der Waals surface area (Å²) in [7, 11) is 4.01. The van der Waals surface area contributed by atoms with Crippen LogP contribution in [0.1, 0.15) is 32.6 Å². The number of carbonyl (C=O) groups excluding carboxylic acids is 1. The lowest BCUT2D eigenvalue weighted by Gasteiger charge is -2.47. The molecule has 0 unspecified atom stereocenters. The molecule has 0 heterocycles. The molecule has 0 bridgehead atoms. The van der Waals surface area contributed by atoms with Gasteiger partial charge in [-0.3, -0.25) is 0 Å². The number of amides is 2. The summed E-state index contributed by atoms with van der Waals surface area (Å²) in [5.41, 5.74) is 0.0439. The highest BCUT2D eigenvalue weighted by atomic mass is 16.4. The topological polar surface area (TPSA) is 81.7 Å². The summed E-state index contributed by atoms with van der Waals surface area (Å²) in [5, 5.41) is 14.1. The number of likely N-dealkylation sites (N-methyl/N-ethyl adjacent to an activating group) is 1. The van der Waals surface area contributed by atoms with Crippen LogP contribution in [-0.4, -0.2) is 54.2 Å². The van der Waals surface area contributed by atoms with Crippen molar-refractivity contribution in [2.75, 3.05) is 20.6 Å². The zero-order valence-electron chi connectivity index (χ0n) is 11.3. The SMILES string of the molecule is CC[C@H](NC(=O)NCC1(N(C)C)CCC1)C(=O)O. The number of carbonyl (C=O) groups is 2. The fourth-order valence-electron chi connectivity index (χ4n) is 2.16. The van der Waals surface area contributed by atoms with E-state index in [2.05, 4.69) is 15.5 Å². The lowest BCUT2D eigenvalue weighted by atomic mass is 9.75. The van der Waals surface area contributed by atoms with Gasteiger partial charge in [0.25, 0.3) is 0 Å². The molecule has 0 aromatic heterocycles. The molecule has 104 valence electrons. The smallest absolute Gasteiger partial charge is 0.326 e. The number of aliphatic carboxylic acids is 1. The summed E-state index contributed by atoms with van der Waals surface area (Å²) < 4.78 is 0. The Morgan fingerprint density at radius 1 is 1.39 bits per heavy atom. The van der Waals surface area contributed by atoms with Gasteiger partial charge in [-0.2, -0.15) is 0 Å². The van der Waals surface area contributed by atoms with Gasteiger partial charge in [0.05, 0.1) is 0 Å². The molecule has 3 N–H and O–H groups in total. The van der Waals surface area contributed by atoms with E-state index >= 15 is 0 Å². The monoisotopic (exact) mass is 257 g/mol. The second-order valence-electron chi connectivity index (χ2n) is 5.10. The third kappa shape index (κ3) is 3.35. The van der Waals surface area contributed by atoms with E-state index in [1.807, 2.05) is 14.1 Å². The van der Waals surface area contributed by atoms with E-state index in [-0.39, 0.29) is 5.54 Å². The summed E-state index contributed by atoms with van der Waals surface area (Å²) in [4.78, 5) is 24.5. The van der Waals surface area contributed by atoms with Gasteiger partial charge in [-0.25, -0.2) is 9.59 Å². The van der Waals surface area contributed by atoms with Gasteiger partial charge in [-0.1, -0.05) is 6.92 Å². The van der Waals surface area contributed by atoms with Gasteiger partial charge in [-0.15, -0.1) is 0 Å². The Hall–Kier alpha value is -1.30. The van der Waals surface area contributed by atoms with Crippen molar-refractivity contribution in [1.82, 2.24) is 15.5 Å². The van der Waals surface area contributed by atoms with Crippen LogP contribution < -0.4 is 10.6 Å². The maximum Gasteiger partial charge on any atom is 0.326 e. The number of hydrogen-bond acceptors (Lipinski definition) is 3. The Bertz CT molecular complexity index is 314. The molecule has 18 heavy (non-hydrogen) atoms. The molecule has 1 aliphatic rings. The van der Waals surface area contributed by atoms with Crippen LogP contribution in [0.4, 0.5) is 4.79 Å². The van der Waals surface area contributed by atoms with Crippen LogP contribution >= 0.6 is 0 Å². The van der Waals surface area contributed by atoms with Crippen LogP contribution in [0.5, 0.6) is 0 Å². The Labute approximate surface area is 108 Å². The lowest BCUT2D eigenvalue weighted by Crippen LogP contribution is -2.59. The Kier molecular flexibility index (Phi) is 4.95. The molecule has 2 amide bonds. The summed E-state index contributed by atoms with van der Waals surface area (Å²) in [6.07, 6.45) is 3.68. The first-order valence-corrected chi connectivity index (χ1v) is 6.36. The number of carboxylic acids is 1. The molecule has 1 rings (SSSR count). The van der Waals surface area contributed by atoms with E-state index in [1.165, 1.54) is 6.42 Å². The molecule has 1 fully saturated rings. The number of nitrogens with zero attached hydrogens (tertiary/aromatic N) is 1. The molecule has 0 spiro atoms. The van der Waals surface area contributed by atoms with Gasteiger partial charge in [0.2, 0.25) is 0 Å². The predicted molar refractivity (Wildman–Crippen MR) is 68.5 cm³/mol. The molecule has 6 nitrogen and oxygen atoms in total. The van der Waals surface area contributed by atoms with Crippen molar-refractivity contribution in [2.45, 2.75) is 44.2 Å². The third-order valence-corrected chi connectivity index (χ3v) is 3.82. The first-order chi connectivity index (χ1) is 8.41. The molecular weight excluding hydrogens is 234 g/mol. The van der Waals surface area contributed by atoms with E-state index in [4.69, 9.17) is 5.11 Å². The van der Waals surface area contributed by atoms with Crippen molar-refractivity contribution in [3.63, 3.8) is 0 Å². The molecule has 6 heteroatoms. The summed E-state index contributed by atoms with van der Waals surface area (Å²) in [5.74, 6) is -1.00. The Balaban J connectivity index is 2.39. The van der Waals surface area contributed by atoms with Crippen LogP contribution in [0.2, 0.25) is 0 Å². The minimum absolute atomic E-state index is 0.0439. The number of nitrogens with one attached hydrogen (secondary N) is 2. The van der Waals surface area contributed by atoms with Gasteiger partial charge >= 0.3 is 12.0 Å². The molecule has 1 saturated carbocycles. The van der Waals surface area contributed by atoms with E-state index < -0.39 is 18.0 Å². The van der Waals surface area contributed by atoms with Gasteiger partial charge in [-0.05, 0) is 39.8 Å². The summed E-state index contributed by atoms with van der Waals surface area (Å²) in [6.45, 7) is 2.29. The van der Waals surface area contributed by atoms with Gasteiger partial charge < -0.3 is 20.6 Å². The van der Waals surface area contributed by atoms with Crippen LogP contribution in [0.15, 0.2) is 0 Å². The standard InChI is InChI=1S/C12H23N3O3/c1-4-9(10(16)17)14-11(18)13-8-12(15(2)3)6-5-7-12/h9H,4-8H2,1-3H3,(H,16,17)(H2,13,14,18)/t9-/m0/s1. The Morgan fingerprint density at radius 2 is 2.00 bits per heavy atom. The van der Waals surface area contributed by atoms with Crippen LogP contribution in [0, 0.1) is 0 Å². The molecule has 1 atom stereocenters. The fourth-order valence-corrected chi connectivity index (χ4v) is 2.16. The van der Waals surface area contributed by atoms with Crippen LogP contribution in [0.3, 0.4) is 0 Å². The molecule has 0 aromatic rings. The summed E-state index contributed by atoms with van der Waals surface area (Å²) >= 11 is 0. The zero-order valence-corrected chi connectivity index (χ0v) is 11.3. The third-order valence-electron chi connectivity index (χ3n) is 3.82. The lowest BCUT2D eigenvalue weighted by molar-refractivity contribution is -0.139. The quantitative estimate of drug-likeness (QED) is 0.652. The zero-order chi connectivity index (χ0) is 13.8. The van der Waals surface area contributed by atoms with Crippen molar-refractivity contribution >= 4 is 12.0 Å². The number of carboxylic acid groups (broad SMARTS) is 1. The number of rotatable bonds is 6. The largest absolute Gasteiger partial charge is 0.480 e. The second-order valence-corrected chi connectivity index (χ2v) is 5.10. The number of urea groups is 1. The first kappa shape index (κ1) is 14.8. The first-order valence-electron chi connectivity index (χ1n) is 6.36. The van der Waals surface area contributed by atoms with E-state index in [9.17, 15) is 9.59 Å². The van der Waals surface area contributed by atoms with Crippen molar-refractivity contribution in [1.29, 1.82) is 0 Å². The highest BCUT2D eigenvalue weighted by Crippen LogP contribution is 2.35. The van der Waals surface area contributed by atoms with E-state index in [1.54, 1.807) is 6.92 Å². The molecule has 0 radical (unpaired) electrons. The highest BCUT2D eigenvalue weighted by Gasteiger charge is 2.39. The molecule has 1 aliphatic carbocycles. The van der Waals surface area contributed by atoms with Crippen molar-refractivity contribution in [2.24, 2.45) is 0 Å². The van der Waals surface area contributed by atoms with Crippen LogP contribution in [0.25, 0.3) is 0 Å². The van der Waals surface area contributed by atoms with Gasteiger partial charge in [0.1, 0.15) is 6.04 Å². The van der Waals surface area contributed by atoms with Crippen molar-refractivity contribution in [3.8, 4) is 0 Å². The fraction of sp³-hybridized carbons (Fsp3) is 0.833. The maximum absolute atomic E-state index is 11.6. The molecule has 0 saturated heterocycles. The minimum Gasteiger partial charge on any atom is -0.480 e. The van der Waals surface area contributed by atoms with Crippen molar-refractivity contribution < 1.29 is 14.7 Å². The average molecular weight is 257 g/mol. The molecular formula is C12H23N3O3. The van der Waals surface area contributed by atoms with E-state index in [0.717, 1.165) is 12.8 Å². The second kappa shape index (κ2) is 6.04. The molecule has 0 aromatic carbocycles. The average Bonchev–Trinajstić information content (AvgIpc) is 2.23. The highest BCUT2D eigenvalue weighted by molar-refractivity contribution is 5.82. The van der Waals surface area contributed by atoms with Gasteiger partial charge in [0, 0.05) is 12.1 Å². The predicted octanol–water partition coefficient (Wildman–Crippen LogP) is 0.633. The van der Waals surface area contributed by atoms with Crippen molar-refractivity contribution in [3.05, 3.63) is 0 Å². The van der Waals surface area contributed by atoms with Crippen LogP contribution in [-0.2, 0) is 4.79 Å². The Morgan fingerprint density at radius 3 is 2.33 bits per heavy atom. The van der Waals surface area contributed by atoms with E-state index in [0.29, 0.717) is 13.0 Å². The number of hydrogen-bond donors (Lipinski definition) is 3.